The number of carbonyl (C=O) groups is 1. The van der Waals surface area contributed by atoms with E-state index in [-0.39, 0.29) is 11.2 Å². The van der Waals surface area contributed by atoms with Crippen molar-refractivity contribution < 1.29 is 19.3 Å². The summed E-state index contributed by atoms with van der Waals surface area (Å²) < 4.78 is 12.4. The molecule has 1 unspecified atom stereocenters. The Kier molecular flexibility index (Phi) is 3.69. The number of ether oxygens (including phenoxy) is 2. The van der Waals surface area contributed by atoms with Gasteiger partial charge in [-0.2, -0.15) is 4.57 Å². The lowest BCUT2D eigenvalue weighted by molar-refractivity contribution is -0.398. The van der Waals surface area contributed by atoms with Gasteiger partial charge in [0.05, 0.1) is 25.9 Å². The van der Waals surface area contributed by atoms with E-state index in [9.17, 15) is 4.79 Å². The highest BCUT2D eigenvalue weighted by Gasteiger charge is 2.36. The van der Waals surface area contributed by atoms with Crippen LogP contribution >= 0.6 is 11.8 Å². The number of methoxy groups -OCH3 is 2. The van der Waals surface area contributed by atoms with Crippen molar-refractivity contribution in [3.63, 3.8) is 0 Å². The van der Waals surface area contributed by atoms with Crippen molar-refractivity contribution in [3.8, 4) is 11.5 Å². The Labute approximate surface area is 143 Å². The summed E-state index contributed by atoms with van der Waals surface area (Å²) in [5.74, 6) is 1.47. The predicted molar refractivity (Wildman–Crippen MR) is 91.9 cm³/mol. The topological polar surface area (TPSA) is 54.6 Å². The molecule has 0 amide bonds. The molecule has 122 valence electrons. The largest absolute Gasteiger partial charge is 0.493 e. The number of benzene rings is 2. The Hall–Kier alpha value is -2.47. The summed E-state index contributed by atoms with van der Waals surface area (Å²) >= 11 is 1.66. The molecule has 5 nitrogen and oxygen atoms in total. The van der Waals surface area contributed by atoms with Crippen LogP contribution in [-0.4, -0.2) is 24.7 Å². The Bertz CT molecular complexity index is 935. The summed E-state index contributed by atoms with van der Waals surface area (Å²) in [4.78, 5) is 16.0. The summed E-state index contributed by atoms with van der Waals surface area (Å²) in [7, 11) is 3.23. The van der Waals surface area contributed by atoms with Crippen molar-refractivity contribution in [3.05, 3.63) is 48.0 Å². The van der Waals surface area contributed by atoms with Crippen LogP contribution in [0.1, 0.15) is 22.0 Å². The number of H-pyrrole nitrogens is 1. The summed E-state index contributed by atoms with van der Waals surface area (Å²) in [6.45, 7) is 0. The van der Waals surface area contributed by atoms with E-state index in [1.165, 1.54) is 0 Å². The molecule has 1 aromatic heterocycles. The number of fused-ring (bicyclic) bond motifs is 3. The number of imidazole rings is 1. The van der Waals surface area contributed by atoms with Crippen LogP contribution < -0.4 is 14.5 Å². The number of aromatic amines is 1. The van der Waals surface area contributed by atoms with Crippen LogP contribution in [0, 0.1) is 0 Å². The highest BCUT2D eigenvalue weighted by molar-refractivity contribution is 7.99. The zero-order chi connectivity index (χ0) is 16.7. The minimum absolute atomic E-state index is 0.0466. The monoisotopic (exact) mass is 341 g/mol. The van der Waals surface area contributed by atoms with E-state index in [0.29, 0.717) is 17.9 Å². The van der Waals surface area contributed by atoms with E-state index in [4.69, 9.17) is 9.47 Å². The Morgan fingerprint density at radius 1 is 1.12 bits per heavy atom. The van der Waals surface area contributed by atoms with E-state index >= 15 is 0 Å². The van der Waals surface area contributed by atoms with Gasteiger partial charge < -0.3 is 9.47 Å². The van der Waals surface area contributed by atoms with E-state index in [2.05, 4.69) is 4.98 Å². The molecule has 2 aromatic carbocycles. The quantitative estimate of drug-likeness (QED) is 0.733. The van der Waals surface area contributed by atoms with Crippen molar-refractivity contribution in [2.24, 2.45) is 0 Å². The first-order chi connectivity index (χ1) is 11.7. The first-order valence-corrected chi connectivity index (χ1v) is 8.54. The molecule has 0 radical (unpaired) electrons. The maximum atomic E-state index is 12.7. The number of thioether (sulfide) groups is 1. The van der Waals surface area contributed by atoms with Crippen LogP contribution in [0.15, 0.2) is 47.6 Å². The summed E-state index contributed by atoms with van der Waals surface area (Å²) in [6, 6.07) is 13.7. The number of para-hydroxylation sites is 2. The van der Waals surface area contributed by atoms with Gasteiger partial charge in [-0.25, -0.2) is 9.78 Å². The number of carbonyl (C=O) groups excluding carboxylic acids is 1. The van der Waals surface area contributed by atoms with Gasteiger partial charge in [-0.3, -0.25) is 0 Å². The molecule has 0 aliphatic carbocycles. The third-order valence-electron chi connectivity index (χ3n) is 4.23. The summed E-state index contributed by atoms with van der Waals surface area (Å²) in [6.07, 6.45) is 0.444. The highest BCUT2D eigenvalue weighted by atomic mass is 32.2. The van der Waals surface area contributed by atoms with Gasteiger partial charge in [0.2, 0.25) is 0 Å². The van der Waals surface area contributed by atoms with Gasteiger partial charge in [0.1, 0.15) is 0 Å². The zero-order valence-electron chi connectivity index (χ0n) is 13.4. The van der Waals surface area contributed by atoms with Crippen LogP contribution in [0.4, 0.5) is 0 Å². The van der Waals surface area contributed by atoms with Crippen LogP contribution in [0.5, 0.6) is 11.5 Å². The van der Waals surface area contributed by atoms with Crippen LogP contribution in [0.3, 0.4) is 0 Å². The Morgan fingerprint density at radius 3 is 2.71 bits per heavy atom. The van der Waals surface area contributed by atoms with E-state index in [0.717, 1.165) is 21.8 Å². The highest BCUT2D eigenvalue weighted by Crippen LogP contribution is 2.43. The SMILES string of the molecule is COc1ccc(C2CC(=O)n3c([nH+]c4ccccc43)S2)cc1OC. The number of nitrogens with one attached hydrogen (secondary N) is 1. The molecule has 0 spiro atoms. The summed E-state index contributed by atoms with van der Waals surface area (Å²) in [5.41, 5.74) is 2.95. The molecule has 0 fully saturated rings. The Morgan fingerprint density at radius 2 is 1.92 bits per heavy atom. The standard InChI is InChI=1S/C18H16N2O3S/c1-22-14-8-7-11(9-15(14)23-2)16-10-17(21)20-13-6-4-3-5-12(13)19-18(20)24-16/h3-9,16H,10H2,1-2H3/p+1. The lowest BCUT2D eigenvalue weighted by atomic mass is 10.1. The molecular weight excluding hydrogens is 324 g/mol. The van der Waals surface area contributed by atoms with E-state index < -0.39 is 0 Å². The lowest BCUT2D eigenvalue weighted by Gasteiger charge is -2.19. The van der Waals surface area contributed by atoms with Crippen molar-refractivity contribution in [1.29, 1.82) is 0 Å². The first-order valence-electron chi connectivity index (χ1n) is 7.66. The molecule has 2 heterocycles. The van der Waals surface area contributed by atoms with Crippen molar-refractivity contribution in [2.75, 3.05) is 14.2 Å². The molecule has 1 aliphatic heterocycles. The number of hydrogen-bond donors (Lipinski definition) is 0. The fourth-order valence-corrected chi connectivity index (χ4v) is 4.30. The van der Waals surface area contributed by atoms with Gasteiger partial charge in [-0.1, -0.05) is 18.2 Å². The zero-order valence-corrected chi connectivity index (χ0v) is 14.2. The molecule has 0 bridgehead atoms. The molecular formula is C18H17N2O3S+. The molecule has 6 heteroatoms. The van der Waals surface area contributed by atoms with Crippen LogP contribution in [0.25, 0.3) is 11.0 Å². The lowest BCUT2D eigenvalue weighted by Crippen LogP contribution is -2.22. The third-order valence-corrected chi connectivity index (χ3v) is 5.46. The van der Waals surface area contributed by atoms with Crippen LogP contribution in [-0.2, 0) is 0 Å². The van der Waals surface area contributed by atoms with E-state index in [1.807, 2.05) is 42.5 Å². The van der Waals surface area contributed by atoms with Gasteiger partial charge in [-0.05, 0) is 41.6 Å². The molecule has 24 heavy (non-hydrogen) atoms. The summed E-state index contributed by atoms with van der Waals surface area (Å²) in [5, 5.41) is 0.914. The molecule has 0 saturated heterocycles. The van der Waals surface area contributed by atoms with Crippen molar-refractivity contribution in [2.45, 2.75) is 16.8 Å². The molecule has 1 atom stereocenters. The van der Waals surface area contributed by atoms with Gasteiger partial charge >= 0.3 is 11.1 Å². The predicted octanol–water partition coefficient (Wildman–Crippen LogP) is 3.35. The first kappa shape index (κ1) is 15.1. The second kappa shape index (κ2) is 5.87. The maximum absolute atomic E-state index is 12.7. The third kappa shape index (κ3) is 2.34. The minimum atomic E-state index is 0.0466. The second-order valence-electron chi connectivity index (χ2n) is 5.60. The number of aromatic nitrogens is 2. The van der Waals surface area contributed by atoms with Crippen LogP contribution in [0.2, 0.25) is 0 Å². The van der Waals surface area contributed by atoms with Gasteiger partial charge in [0.15, 0.2) is 22.5 Å². The fraction of sp³-hybridized carbons (Fsp3) is 0.222. The Balaban J connectivity index is 1.74. The van der Waals surface area contributed by atoms with E-state index in [1.54, 1.807) is 30.5 Å². The number of rotatable bonds is 3. The average Bonchev–Trinajstić information content (AvgIpc) is 2.99. The van der Waals surface area contributed by atoms with Gasteiger partial charge in [0.25, 0.3) is 0 Å². The molecule has 1 N–H and O–H groups in total. The van der Waals surface area contributed by atoms with Crippen molar-refractivity contribution >= 4 is 28.7 Å². The number of hydrogen-bond acceptors (Lipinski definition) is 4. The molecule has 4 rings (SSSR count). The smallest absolute Gasteiger partial charge is 0.324 e. The van der Waals surface area contributed by atoms with Gasteiger partial charge in [0, 0.05) is 0 Å². The average molecular weight is 341 g/mol. The van der Waals surface area contributed by atoms with Crippen molar-refractivity contribution in [1.82, 2.24) is 4.57 Å². The second-order valence-corrected chi connectivity index (χ2v) is 6.79. The molecule has 3 aromatic rings. The minimum Gasteiger partial charge on any atom is -0.493 e. The number of nitrogens with zero attached hydrogens (tertiary/aromatic N) is 1. The molecule has 1 aliphatic rings. The fourth-order valence-electron chi connectivity index (χ4n) is 3.05. The maximum Gasteiger partial charge on any atom is 0.324 e. The normalized spacial score (nSPS) is 16.9. The van der Waals surface area contributed by atoms with Gasteiger partial charge in [-0.15, -0.1) is 0 Å². The molecule has 0 saturated carbocycles.